The molecule has 0 unspecified atom stereocenters. The summed E-state index contributed by atoms with van der Waals surface area (Å²) in [4.78, 5) is 0. The molecule has 0 aromatic rings. The minimum Gasteiger partial charge on any atom is -0.342 e. The fourth-order valence-corrected chi connectivity index (χ4v) is 1.15. The zero-order valence-electron chi connectivity index (χ0n) is 3.99. The summed E-state index contributed by atoms with van der Waals surface area (Å²) in [5, 5.41) is 8.43. The molecule has 8 heavy (non-hydrogen) atoms. The quantitative estimate of drug-likeness (QED) is 0.464. The van der Waals surface area contributed by atoms with Gasteiger partial charge in [-0.05, 0) is 0 Å². The Morgan fingerprint density at radius 3 is 1.88 bits per heavy atom. The maximum atomic E-state index is 9.90. The number of hydrogen-bond acceptors (Lipinski definition) is 5. The highest BCUT2D eigenvalue weighted by atomic mass is 32.3. The van der Waals surface area contributed by atoms with Gasteiger partial charge in [0.15, 0.2) is 0 Å². The molecule has 1 rings (SSSR count). The third-order valence-corrected chi connectivity index (χ3v) is 1.54. The van der Waals surface area contributed by atoms with Crippen molar-refractivity contribution < 1.29 is 21.9 Å². The molecule has 5 nitrogen and oxygen atoms in total. The van der Waals surface area contributed by atoms with E-state index in [1.54, 1.807) is 0 Å². The lowest BCUT2D eigenvalue weighted by Crippen LogP contribution is -2.47. The van der Waals surface area contributed by atoms with Crippen LogP contribution in [0.25, 0.3) is 0 Å². The molecule has 0 saturated carbocycles. The smallest absolute Gasteiger partial charge is 0.342 e. The van der Waals surface area contributed by atoms with E-state index in [0.717, 1.165) is 6.92 Å². The Balaban J connectivity index is 2.68. The molecular formula is C2H4O5S. The van der Waals surface area contributed by atoms with Crippen LogP contribution in [0.3, 0.4) is 0 Å². The van der Waals surface area contributed by atoms with Gasteiger partial charge < -0.3 is 5.11 Å². The highest BCUT2D eigenvalue weighted by Gasteiger charge is 2.46. The van der Waals surface area contributed by atoms with Gasteiger partial charge in [-0.2, -0.15) is 16.8 Å². The summed E-state index contributed by atoms with van der Waals surface area (Å²) in [5.41, 5.74) is 0. The van der Waals surface area contributed by atoms with Gasteiger partial charge in [0.25, 0.3) is 0 Å². The normalized spacial score (nSPS) is 31.2. The first-order valence-corrected chi connectivity index (χ1v) is 3.13. The molecule has 0 amide bonds. The number of rotatable bonds is 0. The number of hydrogen-bond donors (Lipinski definition) is 1. The Kier molecular flexibility index (Phi) is 0.904. The first-order valence-electron chi connectivity index (χ1n) is 1.80. The van der Waals surface area contributed by atoms with Crippen LogP contribution in [0, 0.1) is 0 Å². The molecule has 1 N–H and O–H groups in total. The van der Waals surface area contributed by atoms with Crippen LogP contribution < -0.4 is 0 Å². The van der Waals surface area contributed by atoms with E-state index in [0.29, 0.717) is 0 Å². The summed E-state index contributed by atoms with van der Waals surface area (Å²) < 4.78 is 27.4. The molecule has 48 valence electrons. The standard InChI is InChI=1S/C2H4O5S/c1-2(3)6-8(4,5)7-2/h3H,1H3. The lowest BCUT2D eigenvalue weighted by Gasteiger charge is -2.29. The average molecular weight is 140 g/mol. The maximum Gasteiger partial charge on any atom is 0.409 e. The molecule has 0 radical (unpaired) electrons. The van der Waals surface area contributed by atoms with Gasteiger partial charge in [0, 0.05) is 6.92 Å². The van der Waals surface area contributed by atoms with Gasteiger partial charge in [-0.3, -0.25) is 0 Å². The van der Waals surface area contributed by atoms with Crippen LogP contribution in [0.15, 0.2) is 0 Å². The highest BCUT2D eigenvalue weighted by molar-refractivity contribution is 7.82. The predicted octanol–water partition coefficient (Wildman–Crippen LogP) is -1.06. The van der Waals surface area contributed by atoms with Crippen molar-refractivity contribution in [3.63, 3.8) is 0 Å². The molecule has 0 atom stereocenters. The van der Waals surface area contributed by atoms with Crippen LogP contribution in [0.5, 0.6) is 0 Å². The molecule has 1 heterocycles. The monoisotopic (exact) mass is 140 g/mol. The molecule has 1 aliphatic heterocycles. The van der Waals surface area contributed by atoms with E-state index in [1.807, 2.05) is 0 Å². The maximum absolute atomic E-state index is 9.90. The van der Waals surface area contributed by atoms with E-state index in [2.05, 4.69) is 8.37 Å². The van der Waals surface area contributed by atoms with Crippen LogP contribution >= 0.6 is 0 Å². The average Bonchev–Trinajstić information content (AvgIpc) is 1.20. The van der Waals surface area contributed by atoms with E-state index in [9.17, 15) is 8.42 Å². The summed E-state index contributed by atoms with van der Waals surface area (Å²) in [7, 11) is -3.84. The van der Waals surface area contributed by atoms with Crippen molar-refractivity contribution in [2.24, 2.45) is 0 Å². The van der Waals surface area contributed by atoms with Gasteiger partial charge in [-0.1, -0.05) is 0 Å². The molecular weight excluding hydrogens is 136 g/mol. The van der Waals surface area contributed by atoms with Crippen LogP contribution in [0.2, 0.25) is 0 Å². The zero-order valence-corrected chi connectivity index (χ0v) is 4.80. The Bertz CT molecular complexity index is 174. The third-order valence-electron chi connectivity index (χ3n) is 0.513. The lowest BCUT2D eigenvalue weighted by atomic mass is 10.7. The molecule has 0 aromatic heterocycles. The minimum atomic E-state index is -3.84. The minimum absolute atomic E-state index is 1.08. The first-order chi connectivity index (χ1) is 3.41. The van der Waals surface area contributed by atoms with E-state index < -0.39 is 16.4 Å². The molecule has 0 aromatic carbocycles. The summed E-state index contributed by atoms with van der Waals surface area (Å²) in [6.45, 7) is 1.08. The van der Waals surface area contributed by atoms with Crippen molar-refractivity contribution in [3.05, 3.63) is 0 Å². The summed E-state index contributed by atoms with van der Waals surface area (Å²) in [6.07, 6.45) is 0. The van der Waals surface area contributed by atoms with Gasteiger partial charge in [0.05, 0.1) is 0 Å². The van der Waals surface area contributed by atoms with Gasteiger partial charge in [-0.15, -0.1) is 0 Å². The predicted molar refractivity (Wildman–Crippen MR) is 21.7 cm³/mol. The van der Waals surface area contributed by atoms with Crippen LogP contribution in [0.1, 0.15) is 6.92 Å². The summed E-state index contributed by atoms with van der Waals surface area (Å²) in [5.74, 6) is -1.93. The second kappa shape index (κ2) is 1.21. The highest BCUT2D eigenvalue weighted by Crippen LogP contribution is 2.26. The van der Waals surface area contributed by atoms with Crippen molar-refractivity contribution in [2.75, 3.05) is 0 Å². The van der Waals surface area contributed by atoms with Crippen molar-refractivity contribution in [3.8, 4) is 0 Å². The molecule has 0 spiro atoms. The molecule has 1 fully saturated rings. The van der Waals surface area contributed by atoms with Gasteiger partial charge in [0.2, 0.25) is 0 Å². The van der Waals surface area contributed by atoms with Crippen molar-refractivity contribution in [2.45, 2.75) is 12.9 Å². The summed E-state index contributed by atoms with van der Waals surface area (Å²) >= 11 is 0. The molecule has 0 bridgehead atoms. The van der Waals surface area contributed by atoms with Gasteiger partial charge in [0.1, 0.15) is 0 Å². The van der Waals surface area contributed by atoms with Crippen LogP contribution in [0.4, 0.5) is 0 Å². The topological polar surface area (TPSA) is 72.8 Å². The molecule has 0 aliphatic carbocycles. The Morgan fingerprint density at radius 2 is 1.88 bits per heavy atom. The van der Waals surface area contributed by atoms with E-state index in [-0.39, 0.29) is 0 Å². The summed E-state index contributed by atoms with van der Waals surface area (Å²) in [6, 6.07) is 0. The Hall–Kier alpha value is -0.170. The first kappa shape index (κ1) is 5.96. The fourth-order valence-electron chi connectivity index (χ4n) is 0.385. The SMILES string of the molecule is CC1(O)OS(=O)(=O)O1. The van der Waals surface area contributed by atoms with Crippen LogP contribution in [-0.2, 0) is 18.8 Å². The molecule has 1 aliphatic rings. The van der Waals surface area contributed by atoms with Crippen molar-refractivity contribution >= 4 is 10.4 Å². The van der Waals surface area contributed by atoms with E-state index in [1.165, 1.54) is 0 Å². The van der Waals surface area contributed by atoms with E-state index in [4.69, 9.17) is 5.11 Å². The van der Waals surface area contributed by atoms with Crippen molar-refractivity contribution in [1.29, 1.82) is 0 Å². The van der Waals surface area contributed by atoms with E-state index >= 15 is 0 Å². The largest absolute Gasteiger partial charge is 0.409 e. The molecule has 1 saturated heterocycles. The van der Waals surface area contributed by atoms with Crippen molar-refractivity contribution in [1.82, 2.24) is 0 Å². The Morgan fingerprint density at radius 1 is 1.50 bits per heavy atom. The fraction of sp³-hybridized carbons (Fsp3) is 1.00. The van der Waals surface area contributed by atoms with Gasteiger partial charge in [-0.25, -0.2) is 0 Å². The van der Waals surface area contributed by atoms with Gasteiger partial charge >= 0.3 is 16.4 Å². The Labute approximate surface area is 46.2 Å². The second-order valence-electron chi connectivity index (χ2n) is 1.47. The third kappa shape index (κ3) is 0.972. The molecule has 6 heteroatoms. The van der Waals surface area contributed by atoms with Crippen LogP contribution in [-0.4, -0.2) is 19.5 Å². The lowest BCUT2D eigenvalue weighted by molar-refractivity contribution is -0.312. The zero-order chi connectivity index (χ0) is 6.41. The number of aliphatic hydroxyl groups is 1. The second-order valence-corrected chi connectivity index (χ2v) is 2.62.